The number of tetrazole rings is 1. The van der Waals surface area contributed by atoms with Gasteiger partial charge in [0, 0.05) is 31.6 Å². The number of aromatic nitrogens is 7. The zero-order chi connectivity index (χ0) is 29.9. The van der Waals surface area contributed by atoms with Crippen molar-refractivity contribution in [2.45, 2.75) is 39.3 Å². The number of amides is 2. The molecule has 0 aliphatic carbocycles. The molecule has 0 atom stereocenters. The molecule has 7 rings (SSSR count). The lowest BCUT2D eigenvalue weighted by atomic mass is 9.98. The number of hydrogen-bond acceptors (Lipinski definition) is 6. The summed E-state index contributed by atoms with van der Waals surface area (Å²) in [7, 11) is 0. The van der Waals surface area contributed by atoms with Gasteiger partial charge < -0.3 is 9.47 Å². The number of H-pyrrole nitrogens is 1. The van der Waals surface area contributed by atoms with Crippen LogP contribution in [-0.4, -0.2) is 59.2 Å². The molecular weight excluding hydrogens is 550 g/mol. The van der Waals surface area contributed by atoms with Crippen LogP contribution in [0.15, 0.2) is 91.0 Å². The Morgan fingerprint density at radius 3 is 2.34 bits per heavy atom. The fraction of sp³-hybridized carbons (Fsp3) is 0.235. The number of nitrogens with one attached hydrogen (secondary N) is 1. The van der Waals surface area contributed by atoms with Crippen LogP contribution in [0.3, 0.4) is 0 Å². The smallest absolute Gasteiger partial charge is 0.320 e. The Bertz CT molecular complexity index is 1880. The molecule has 44 heavy (non-hydrogen) atoms. The third-order valence-electron chi connectivity index (χ3n) is 8.05. The number of fused-ring (bicyclic) bond motifs is 1. The van der Waals surface area contributed by atoms with Crippen molar-refractivity contribution in [3.8, 4) is 22.5 Å². The fourth-order valence-corrected chi connectivity index (χ4v) is 5.89. The molecule has 1 aliphatic heterocycles. The molecule has 0 bridgehead atoms. The number of benzene rings is 3. The molecule has 1 aliphatic rings. The highest BCUT2D eigenvalue weighted by Crippen LogP contribution is 2.30. The first-order valence-corrected chi connectivity index (χ1v) is 15.1. The number of hydrogen-bond donors (Lipinski definition) is 1. The lowest BCUT2D eigenvalue weighted by Gasteiger charge is -2.35. The Labute approximate surface area is 255 Å². The molecule has 0 saturated carbocycles. The lowest BCUT2D eigenvalue weighted by molar-refractivity contribution is 0.192. The first-order chi connectivity index (χ1) is 21.7. The average molecular weight is 584 g/mol. The highest BCUT2D eigenvalue weighted by Gasteiger charge is 2.28. The van der Waals surface area contributed by atoms with Gasteiger partial charge in [-0.3, -0.25) is 4.90 Å². The first-order valence-electron chi connectivity index (χ1n) is 15.1. The molecule has 0 radical (unpaired) electrons. The minimum atomic E-state index is -0.0107. The van der Waals surface area contributed by atoms with Crippen LogP contribution in [0.2, 0.25) is 0 Å². The Balaban J connectivity index is 1.17. The summed E-state index contributed by atoms with van der Waals surface area (Å²) in [5.41, 5.74) is 6.93. The van der Waals surface area contributed by atoms with Crippen molar-refractivity contribution in [3.63, 3.8) is 0 Å². The van der Waals surface area contributed by atoms with E-state index in [4.69, 9.17) is 9.97 Å². The van der Waals surface area contributed by atoms with Crippen LogP contribution in [-0.2, 0) is 19.5 Å². The summed E-state index contributed by atoms with van der Waals surface area (Å²) in [4.78, 5) is 27.3. The van der Waals surface area contributed by atoms with E-state index in [2.05, 4.69) is 74.6 Å². The van der Waals surface area contributed by atoms with Crippen LogP contribution in [0.4, 0.5) is 10.6 Å². The summed E-state index contributed by atoms with van der Waals surface area (Å²) >= 11 is 0. The monoisotopic (exact) mass is 583 g/mol. The van der Waals surface area contributed by atoms with E-state index in [0.29, 0.717) is 31.3 Å². The molecule has 10 heteroatoms. The van der Waals surface area contributed by atoms with E-state index in [1.54, 1.807) is 4.90 Å². The van der Waals surface area contributed by atoms with Crippen LogP contribution in [0.1, 0.15) is 36.7 Å². The Hall–Kier alpha value is -5.38. The van der Waals surface area contributed by atoms with Crippen LogP contribution < -0.4 is 4.90 Å². The van der Waals surface area contributed by atoms with Gasteiger partial charge in [0.1, 0.15) is 17.2 Å². The molecule has 1 fully saturated rings. The van der Waals surface area contributed by atoms with E-state index < -0.39 is 0 Å². The third-order valence-corrected chi connectivity index (χ3v) is 8.05. The zero-order valence-electron chi connectivity index (χ0n) is 24.6. The highest BCUT2D eigenvalue weighted by molar-refractivity contribution is 5.92. The predicted molar refractivity (Wildman–Crippen MR) is 170 cm³/mol. The van der Waals surface area contributed by atoms with E-state index >= 15 is 0 Å². The fourth-order valence-electron chi connectivity index (χ4n) is 5.89. The van der Waals surface area contributed by atoms with Crippen LogP contribution in [0.25, 0.3) is 33.7 Å². The second kappa shape index (κ2) is 12.1. The number of aryl methyl sites for hydroxylation is 1. The second-order valence-corrected chi connectivity index (χ2v) is 11.0. The average Bonchev–Trinajstić information content (AvgIpc) is 3.72. The summed E-state index contributed by atoms with van der Waals surface area (Å²) in [6.45, 7) is 4.76. The largest absolute Gasteiger partial charge is 0.325 e. The highest BCUT2D eigenvalue weighted by atomic mass is 16.2. The van der Waals surface area contributed by atoms with Gasteiger partial charge in [-0.15, -0.1) is 10.2 Å². The van der Waals surface area contributed by atoms with E-state index in [-0.39, 0.29) is 6.03 Å². The summed E-state index contributed by atoms with van der Waals surface area (Å²) in [6.07, 6.45) is 2.71. The van der Waals surface area contributed by atoms with Gasteiger partial charge in [0.15, 0.2) is 5.65 Å². The minimum absolute atomic E-state index is 0.0107. The van der Waals surface area contributed by atoms with Gasteiger partial charge in [-0.05, 0) is 52.4 Å². The molecule has 0 unspecified atom stereocenters. The number of carbonyl (C=O) groups is 1. The van der Waals surface area contributed by atoms with Gasteiger partial charge in [-0.2, -0.15) is 5.21 Å². The number of aromatic amines is 1. The first kappa shape index (κ1) is 27.5. The standard InChI is InChI=1S/C34H33N9O/c1-2-9-30-35-29-18-19-31(42-21-8-20-41(34(42)44)22-24-10-4-3-5-11-24)36-33(29)43(30)23-25-14-16-26(17-15-25)27-12-6-7-13-28(27)32-37-39-40-38-32/h3-7,10-19H,2,8-9,20-23H2,1H3,(H,37,38,39,40). The van der Waals surface area contributed by atoms with Crippen molar-refractivity contribution in [2.75, 3.05) is 18.0 Å². The second-order valence-electron chi connectivity index (χ2n) is 11.0. The number of urea groups is 1. The van der Waals surface area contributed by atoms with Crippen LogP contribution >= 0.6 is 0 Å². The van der Waals surface area contributed by atoms with Gasteiger partial charge in [-0.1, -0.05) is 85.8 Å². The summed E-state index contributed by atoms with van der Waals surface area (Å²) in [5, 5.41) is 14.6. The van der Waals surface area contributed by atoms with Crippen LogP contribution in [0.5, 0.6) is 0 Å². The Kier molecular flexibility index (Phi) is 7.54. The van der Waals surface area contributed by atoms with Gasteiger partial charge in [-0.25, -0.2) is 14.8 Å². The molecule has 10 nitrogen and oxygen atoms in total. The molecule has 3 aromatic carbocycles. The molecule has 1 saturated heterocycles. The number of imidazole rings is 1. The number of pyridine rings is 1. The minimum Gasteiger partial charge on any atom is -0.320 e. The molecular formula is C34H33N9O. The van der Waals surface area contributed by atoms with Crippen molar-refractivity contribution >= 4 is 23.0 Å². The maximum absolute atomic E-state index is 13.6. The molecule has 6 aromatic rings. The van der Waals surface area contributed by atoms with Crippen molar-refractivity contribution in [3.05, 3.63) is 108 Å². The maximum atomic E-state index is 13.6. The van der Waals surface area contributed by atoms with Crippen LogP contribution in [0, 0.1) is 0 Å². The van der Waals surface area contributed by atoms with Gasteiger partial charge >= 0.3 is 6.03 Å². The predicted octanol–water partition coefficient (Wildman–Crippen LogP) is 6.11. The molecule has 2 amide bonds. The maximum Gasteiger partial charge on any atom is 0.325 e. The lowest BCUT2D eigenvalue weighted by Crippen LogP contribution is -2.49. The third kappa shape index (κ3) is 5.42. The molecule has 220 valence electrons. The van der Waals surface area contributed by atoms with E-state index in [1.165, 1.54) is 0 Å². The SMILES string of the molecule is CCCc1nc2ccc(N3CCCN(Cc4ccccc4)C3=O)nc2n1Cc1ccc(-c2ccccc2-c2nn[nH]n2)cc1. The zero-order valence-corrected chi connectivity index (χ0v) is 24.6. The van der Waals surface area contributed by atoms with Crippen molar-refractivity contribution in [1.29, 1.82) is 0 Å². The topological polar surface area (TPSA) is 109 Å². The Morgan fingerprint density at radius 2 is 1.57 bits per heavy atom. The normalized spacial score (nSPS) is 13.6. The van der Waals surface area contributed by atoms with Crippen molar-refractivity contribution < 1.29 is 4.79 Å². The van der Waals surface area contributed by atoms with Gasteiger partial charge in [0.25, 0.3) is 0 Å². The molecule has 3 aromatic heterocycles. The molecule has 1 N–H and O–H groups in total. The van der Waals surface area contributed by atoms with Gasteiger partial charge in [0.05, 0.1) is 6.54 Å². The molecule has 0 spiro atoms. The van der Waals surface area contributed by atoms with E-state index in [1.807, 2.05) is 53.4 Å². The van der Waals surface area contributed by atoms with Crippen molar-refractivity contribution in [1.82, 2.24) is 40.1 Å². The van der Waals surface area contributed by atoms with Gasteiger partial charge in [0.2, 0.25) is 5.82 Å². The van der Waals surface area contributed by atoms with E-state index in [9.17, 15) is 4.79 Å². The number of carbonyl (C=O) groups excluding carboxylic acids is 1. The Morgan fingerprint density at radius 1 is 0.795 bits per heavy atom. The quantitative estimate of drug-likeness (QED) is 0.220. The summed E-state index contributed by atoms with van der Waals surface area (Å²) < 4.78 is 2.20. The summed E-state index contributed by atoms with van der Waals surface area (Å²) in [6, 6.07) is 30.6. The summed E-state index contributed by atoms with van der Waals surface area (Å²) in [5.74, 6) is 2.23. The van der Waals surface area contributed by atoms with E-state index in [0.717, 1.165) is 70.6 Å². The number of nitrogens with zero attached hydrogens (tertiary/aromatic N) is 8. The number of anilines is 1. The van der Waals surface area contributed by atoms with Crippen molar-refractivity contribution in [2.24, 2.45) is 0 Å². The molecule has 4 heterocycles. The number of rotatable bonds is 9.